The monoisotopic (exact) mass is 400 g/mol. The molecule has 0 aliphatic rings. The molecule has 4 aromatic rings. The van der Waals surface area contributed by atoms with Crippen molar-refractivity contribution in [3.63, 3.8) is 0 Å². The molecular formula is C27H22F2O. The Balaban J connectivity index is 1.54. The molecule has 0 amide bonds. The Kier molecular flexibility index (Phi) is 5.89. The molecular weight excluding hydrogens is 378 g/mol. The lowest BCUT2D eigenvalue weighted by Crippen LogP contribution is -2.01. The maximum absolute atomic E-state index is 12.3. The maximum atomic E-state index is 12.3. The molecule has 0 N–H and O–H groups in total. The predicted molar refractivity (Wildman–Crippen MR) is 120 cm³/mol. The molecule has 1 nitrogen and oxygen atoms in total. The minimum atomic E-state index is -2.81. The number of aryl methyl sites for hydroxylation is 1. The molecule has 0 bridgehead atoms. The number of allylic oxidation sites excluding steroid dienone is 1. The second kappa shape index (κ2) is 8.91. The van der Waals surface area contributed by atoms with E-state index in [-0.39, 0.29) is 5.75 Å². The van der Waals surface area contributed by atoms with Crippen molar-refractivity contribution in [3.05, 3.63) is 103 Å². The van der Waals surface area contributed by atoms with Crippen LogP contribution in [0.3, 0.4) is 0 Å². The zero-order valence-corrected chi connectivity index (χ0v) is 16.5. The molecule has 0 radical (unpaired) electrons. The summed E-state index contributed by atoms with van der Waals surface area (Å²) in [6, 6.07) is 28.0. The molecule has 3 heteroatoms. The first-order chi connectivity index (χ1) is 14.6. The normalized spacial score (nSPS) is 11.0. The summed E-state index contributed by atoms with van der Waals surface area (Å²) in [5.74, 6) is 0.161. The first-order valence-electron chi connectivity index (χ1n) is 9.92. The zero-order valence-electron chi connectivity index (χ0n) is 16.5. The molecule has 0 atom stereocenters. The van der Waals surface area contributed by atoms with Crippen molar-refractivity contribution in [3.8, 4) is 28.0 Å². The number of halogens is 2. The van der Waals surface area contributed by atoms with E-state index >= 15 is 0 Å². The Hall–Kier alpha value is -3.46. The fraction of sp³-hybridized carbons (Fsp3) is 0.111. The number of hydrogen-bond donors (Lipinski definition) is 0. The van der Waals surface area contributed by atoms with E-state index in [1.165, 1.54) is 16.3 Å². The fourth-order valence-corrected chi connectivity index (χ4v) is 3.58. The molecule has 0 aliphatic carbocycles. The fourth-order valence-electron chi connectivity index (χ4n) is 3.58. The van der Waals surface area contributed by atoms with Gasteiger partial charge in [0.15, 0.2) is 0 Å². The predicted octanol–water partition coefficient (Wildman–Crippen LogP) is 7.89. The summed E-state index contributed by atoms with van der Waals surface area (Å²) in [5.41, 5.74) is 5.59. The topological polar surface area (TPSA) is 9.23 Å². The molecule has 0 heterocycles. The molecule has 0 aromatic heterocycles. The van der Waals surface area contributed by atoms with Crippen molar-refractivity contribution in [1.29, 1.82) is 0 Å². The summed E-state index contributed by atoms with van der Waals surface area (Å²) in [7, 11) is 0. The molecule has 0 aliphatic heterocycles. The third-order valence-corrected chi connectivity index (χ3v) is 5.17. The first kappa shape index (κ1) is 19.8. The number of hydrogen-bond acceptors (Lipinski definition) is 1. The number of ether oxygens (including phenoxy) is 1. The smallest absolute Gasteiger partial charge is 0.387 e. The van der Waals surface area contributed by atoms with Crippen LogP contribution in [-0.4, -0.2) is 6.61 Å². The Labute approximate surface area is 175 Å². The van der Waals surface area contributed by atoms with Gasteiger partial charge in [0.25, 0.3) is 0 Å². The molecule has 4 aromatic carbocycles. The first-order valence-corrected chi connectivity index (χ1v) is 9.92. The summed E-state index contributed by atoms with van der Waals surface area (Å²) >= 11 is 0. The van der Waals surface area contributed by atoms with Crippen LogP contribution in [0.5, 0.6) is 5.75 Å². The van der Waals surface area contributed by atoms with E-state index in [1.54, 1.807) is 24.3 Å². The van der Waals surface area contributed by atoms with E-state index in [1.807, 2.05) is 18.2 Å². The highest BCUT2D eigenvalue weighted by Gasteiger charge is 2.06. The van der Waals surface area contributed by atoms with E-state index in [9.17, 15) is 8.78 Å². The van der Waals surface area contributed by atoms with Gasteiger partial charge in [-0.3, -0.25) is 0 Å². The number of fused-ring (bicyclic) bond motifs is 1. The molecule has 150 valence electrons. The van der Waals surface area contributed by atoms with Gasteiger partial charge in [-0.05, 0) is 69.6 Å². The highest BCUT2D eigenvalue weighted by atomic mass is 19.3. The molecule has 4 rings (SSSR count). The molecule has 0 fully saturated rings. The maximum Gasteiger partial charge on any atom is 0.387 e. The standard InChI is InChI=1S/C27H22F2O/c1-2-3-4-19-5-6-25-18-24(12-11-23(25)17-19)22-9-7-20(8-10-22)21-13-15-26(16-14-21)30-27(28)29/h2,5-18,27H,1,3-4H2. The van der Waals surface area contributed by atoms with Crippen LogP contribution in [0, 0.1) is 0 Å². The van der Waals surface area contributed by atoms with E-state index in [4.69, 9.17) is 0 Å². The van der Waals surface area contributed by atoms with Crippen LogP contribution in [0.25, 0.3) is 33.0 Å². The van der Waals surface area contributed by atoms with Crippen LogP contribution in [0.2, 0.25) is 0 Å². The van der Waals surface area contributed by atoms with Gasteiger partial charge in [0.1, 0.15) is 5.75 Å². The van der Waals surface area contributed by atoms with E-state index < -0.39 is 6.61 Å². The van der Waals surface area contributed by atoms with Crippen molar-refractivity contribution in [2.75, 3.05) is 0 Å². The summed E-state index contributed by atoms with van der Waals surface area (Å²) in [5, 5.41) is 2.46. The van der Waals surface area contributed by atoms with Gasteiger partial charge in [-0.15, -0.1) is 6.58 Å². The minimum Gasteiger partial charge on any atom is -0.435 e. The molecule has 30 heavy (non-hydrogen) atoms. The summed E-state index contributed by atoms with van der Waals surface area (Å²) in [4.78, 5) is 0. The van der Waals surface area contributed by atoms with Crippen molar-refractivity contribution in [1.82, 2.24) is 0 Å². The Bertz CT molecular complexity index is 1150. The highest BCUT2D eigenvalue weighted by molar-refractivity contribution is 5.88. The van der Waals surface area contributed by atoms with Crippen LogP contribution < -0.4 is 4.74 Å². The van der Waals surface area contributed by atoms with Gasteiger partial charge >= 0.3 is 6.61 Å². The molecule has 0 saturated heterocycles. The average Bonchev–Trinajstić information content (AvgIpc) is 2.77. The summed E-state index contributed by atoms with van der Waals surface area (Å²) < 4.78 is 29.0. The number of alkyl halides is 2. The van der Waals surface area contributed by atoms with Gasteiger partial charge in [0.05, 0.1) is 0 Å². The third kappa shape index (κ3) is 4.57. The van der Waals surface area contributed by atoms with Gasteiger partial charge in [0.2, 0.25) is 0 Å². The van der Waals surface area contributed by atoms with Crippen LogP contribution in [-0.2, 0) is 6.42 Å². The van der Waals surface area contributed by atoms with Crippen LogP contribution in [0.15, 0.2) is 97.6 Å². The largest absolute Gasteiger partial charge is 0.435 e. The van der Waals surface area contributed by atoms with Gasteiger partial charge in [-0.25, -0.2) is 0 Å². The van der Waals surface area contributed by atoms with Crippen molar-refractivity contribution >= 4 is 10.8 Å². The second-order valence-electron chi connectivity index (χ2n) is 7.20. The third-order valence-electron chi connectivity index (χ3n) is 5.17. The van der Waals surface area contributed by atoms with Crippen molar-refractivity contribution in [2.24, 2.45) is 0 Å². The van der Waals surface area contributed by atoms with Gasteiger partial charge in [0, 0.05) is 0 Å². The second-order valence-corrected chi connectivity index (χ2v) is 7.20. The summed E-state index contributed by atoms with van der Waals surface area (Å²) in [6.45, 7) is 0.980. The lowest BCUT2D eigenvalue weighted by Gasteiger charge is -2.09. The lowest BCUT2D eigenvalue weighted by atomic mass is 9.97. The van der Waals surface area contributed by atoms with E-state index in [0.29, 0.717) is 0 Å². The number of benzene rings is 4. The minimum absolute atomic E-state index is 0.161. The quantitative estimate of drug-likeness (QED) is 0.287. The number of rotatable bonds is 7. The SMILES string of the molecule is C=CCCc1ccc2cc(-c3ccc(-c4ccc(OC(F)F)cc4)cc3)ccc2c1. The van der Waals surface area contributed by atoms with E-state index in [0.717, 1.165) is 35.1 Å². The van der Waals surface area contributed by atoms with Gasteiger partial charge in [-0.1, -0.05) is 72.8 Å². The van der Waals surface area contributed by atoms with Crippen molar-refractivity contribution in [2.45, 2.75) is 19.5 Å². The Morgan fingerprint density at radius 3 is 1.87 bits per heavy atom. The van der Waals surface area contributed by atoms with E-state index in [2.05, 4.69) is 59.8 Å². The highest BCUT2D eigenvalue weighted by Crippen LogP contribution is 2.29. The average molecular weight is 400 g/mol. The van der Waals surface area contributed by atoms with Crippen molar-refractivity contribution < 1.29 is 13.5 Å². The zero-order chi connectivity index (χ0) is 20.9. The Morgan fingerprint density at radius 2 is 1.23 bits per heavy atom. The van der Waals surface area contributed by atoms with Gasteiger partial charge in [-0.2, -0.15) is 8.78 Å². The summed E-state index contributed by atoms with van der Waals surface area (Å²) in [6.07, 6.45) is 3.94. The van der Waals surface area contributed by atoms with Crippen LogP contribution >= 0.6 is 0 Å². The van der Waals surface area contributed by atoms with Gasteiger partial charge < -0.3 is 4.74 Å². The molecule has 0 saturated carbocycles. The Morgan fingerprint density at radius 1 is 0.700 bits per heavy atom. The molecule has 0 spiro atoms. The van der Waals surface area contributed by atoms with Crippen LogP contribution in [0.1, 0.15) is 12.0 Å². The lowest BCUT2D eigenvalue weighted by molar-refractivity contribution is -0.0498. The molecule has 0 unspecified atom stereocenters. The van der Waals surface area contributed by atoms with Crippen LogP contribution in [0.4, 0.5) is 8.78 Å².